The van der Waals surface area contributed by atoms with Crippen molar-refractivity contribution in [2.75, 3.05) is 43.4 Å². The average Bonchev–Trinajstić information content (AvgIpc) is 3.19. The molecule has 152 valence electrons. The van der Waals surface area contributed by atoms with Crippen LogP contribution in [0, 0.1) is 5.82 Å². The molecule has 30 heavy (non-hydrogen) atoms. The number of aromatic nitrogens is 3. The van der Waals surface area contributed by atoms with Gasteiger partial charge in [0.2, 0.25) is 5.95 Å². The fraction of sp³-hybridized carbons (Fsp3) is 0.217. The first kappa shape index (κ1) is 18.6. The molecule has 1 aliphatic rings. The molecule has 2 aromatic carbocycles. The largest absolute Gasteiger partial charge is 0.367 e. The van der Waals surface area contributed by atoms with Gasteiger partial charge in [0.1, 0.15) is 5.82 Å². The summed E-state index contributed by atoms with van der Waals surface area (Å²) in [5.74, 6) is 0.196. The Balaban J connectivity index is 1.37. The Morgan fingerprint density at radius 2 is 1.87 bits per heavy atom. The van der Waals surface area contributed by atoms with Crippen LogP contribution in [0.5, 0.6) is 0 Å². The second-order valence-corrected chi connectivity index (χ2v) is 7.59. The van der Waals surface area contributed by atoms with E-state index in [-0.39, 0.29) is 5.82 Å². The second kappa shape index (κ2) is 7.76. The number of H-pyrrole nitrogens is 1. The SMILES string of the molecule is CN1CCN(c2ccc(Nc3nccc(-c4c[nH]c5ccccc45)n3)cc2F)CC1. The Morgan fingerprint density at radius 3 is 2.70 bits per heavy atom. The molecule has 0 saturated carbocycles. The van der Waals surface area contributed by atoms with Crippen LogP contribution >= 0.6 is 0 Å². The number of likely N-dealkylation sites (N-methyl/N-ethyl adjacent to an activating group) is 1. The third-order valence-corrected chi connectivity index (χ3v) is 5.57. The molecule has 2 aromatic heterocycles. The Morgan fingerprint density at radius 1 is 1.03 bits per heavy atom. The summed E-state index contributed by atoms with van der Waals surface area (Å²) in [6.45, 7) is 3.54. The molecule has 0 radical (unpaired) electrons. The molecule has 0 bridgehead atoms. The standard InChI is InChI=1S/C23H23FN6/c1-29-10-12-30(13-11-29)22-7-6-16(14-19(22)24)27-23-25-9-8-21(28-23)18-15-26-20-5-3-2-4-17(18)20/h2-9,14-15,26H,10-13H2,1H3,(H,25,27,28). The third-order valence-electron chi connectivity index (χ3n) is 5.57. The lowest BCUT2D eigenvalue weighted by atomic mass is 10.1. The van der Waals surface area contributed by atoms with Gasteiger partial charge in [-0.05, 0) is 37.4 Å². The zero-order chi connectivity index (χ0) is 20.5. The van der Waals surface area contributed by atoms with Crippen molar-refractivity contribution in [1.29, 1.82) is 0 Å². The highest BCUT2D eigenvalue weighted by atomic mass is 19.1. The van der Waals surface area contributed by atoms with E-state index in [1.54, 1.807) is 6.20 Å². The number of anilines is 3. The fourth-order valence-corrected chi connectivity index (χ4v) is 3.87. The molecule has 2 N–H and O–H groups in total. The number of piperazine rings is 1. The third kappa shape index (κ3) is 3.59. The van der Waals surface area contributed by atoms with E-state index in [1.165, 1.54) is 6.07 Å². The maximum absolute atomic E-state index is 14.8. The van der Waals surface area contributed by atoms with Gasteiger partial charge in [-0.1, -0.05) is 18.2 Å². The highest BCUT2D eigenvalue weighted by Crippen LogP contribution is 2.29. The highest BCUT2D eigenvalue weighted by molar-refractivity contribution is 5.94. The first-order valence-electron chi connectivity index (χ1n) is 10.1. The monoisotopic (exact) mass is 402 g/mol. The molecule has 1 saturated heterocycles. The quantitative estimate of drug-likeness (QED) is 0.534. The maximum atomic E-state index is 14.8. The number of aromatic amines is 1. The Bertz CT molecular complexity index is 1180. The minimum atomic E-state index is -0.239. The van der Waals surface area contributed by atoms with Crippen molar-refractivity contribution >= 4 is 28.2 Å². The van der Waals surface area contributed by atoms with Crippen LogP contribution in [0.3, 0.4) is 0 Å². The summed E-state index contributed by atoms with van der Waals surface area (Å²) in [6, 6.07) is 15.2. The van der Waals surface area contributed by atoms with Crippen molar-refractivity contribution < 1.29 is 4.39 Å². The normalized spacial score (nSPS) is 14.9. The second-order valence-electron chi connectivity index (χ2n) is 7.59. The lowest BCUT2D eigenvalue weighted by molar-refractivity contribution is 0.311. The molecule has 0 atom stereocenters. The molecular weight excluding hydrogens is 379 g/mol. The Hall–Kier alpha value is -3.45. The van der Waals surface area contributed by atoms with E-state index >= 15 is 0 Å². The summed E-state index contributed by atoms with van der Waals surface area (Å²) >= 11 is 0. The summed E-state index contributed by atoms with van der Waals surface area (Å²) in [5, 5.41) is 4.23. The molecule has 3 heterocycles. The molecule has 4 aromatic rings. The van der Waals surface area contributed by atoms with Crippen molar-refractivity contribution in [3.8, 4) is 11.3 Å². The van der Waals surface area contributed by atoms with Crippen LogP contribution in [-0.4, -0.2) is 53.1 Å². The van der Waals surface area contributed by atoms with Crippen LogP contribution in [0.1, 0.15) is 0 Å². The van der Waals surface area contributed by atoms with E-state index < -0.39 is 0 Å². The molecule has 1 fully saturated rings. The smallest absolute Gasteiger partial charge is 0.227 e. The maximum Gasteiger partial charge on any atom is 0.227 e. The molecular formula is C23H23FN6. The van der Waals surface area contributed by atoms with Crippen LogP contribution < -0.4 is 10.2 Å². The van der Waals surface area contributed by atoms with Crippen molar-refractivity contribution in [3.05, 3.63) is 66.7 Å². The van der Waals surface area contributed by atoms with E-state index in [1.807, 2.05) is 42.6 Å². The van der Waals surface area contributed by atoms with E-state index in [9.17, 15) is 4.39 Å². The van der Waals surface area contributed by atoms with E-state index in [2.05, 4.69) is 43.2 Å². The molecule has 0 unspecified atom stereocenters. The molecule has 1 aliphatic heterocycles. The first-order valence-corrected chi connectivity index (χ1v) is 10.1. The van der Waals surface area contributed by atoms with E-state index in [0.717, 1.165) is 48.3 Å². The molecule has 0 amide bonds. The van der Waals surface area contributed by atoms with Crippen molar-refractivity contribution in [2.24, 2.45) is 0 Å². The molecule has 0 aliphatic carbocycles. The van der Waals surface area contributed by atoms with E-state index in [0.29, 0.717) is 17.3 Å². The van der Waals surface area contributed by atoms with Crippen molar-refractivity contribution in [1.82, 2.24) is 19.9 Å². The van der Waals surface area contributed by atoms with Gasteiger partial charge in [-0.25, -0.2) is 14.4 Å². The minimum Gasteiger partial charge on any atom is -0.367 e. The lowest BCUT2D eigenvalue weighted by Crippen LogP contribution is -2.44. The van der Waals surface area contributed by atoms with Gasteiger partial charge in [-0.15, -0.1) is 0 Å². The number of hydrogen-bond acceptors (Lipinski definition) is 5. The number of nitrogens with one attached hydrogen (secondary N) is 2. The molecule has 0 spiro atoms. The van der Waals surface area contributed by atoms with Crippen molar-refractivity contribution in [3.63, 3.8) is 0 Å². The Kier molecular flexibility index (Phi) is 4.80. The van der Waals surface area contributed by atoms with Gasteiger partial charge < -0.3 is 20.1 Å². The van der Waals surface area contributed by atoms with Gasteiger partial charge in [0.15, 0.2) is 0 Å². The topological polar surface area (TPSA) is 60.1 Å². The lowest BCUT2D eigenvalue weighted by Gasteiger charge is -2.34. The summed E-state index contributed by atoms with van der Waals surface area (Å²) in [6.07, 6.45) is 3.66. The van der Waals surface area contributed by atoms with Crippen LogP contribution in [0.25, 0.3) is 22.2 Å². The van der Waals surface area contributed by atoms with Crippen LogP contribution in [0.2, 0.25) is 0 Å². The zero-order valence-electron chi connectivity index (χ0n) is 16.8. The summed E-state index contributed by atoms with van der Waals surface area (Å²) in [7, 11) is 2.09. The van der Waals surface area contributed by atoms with Gasteiger partial charge >= 0.3 is 0 Å². The predicted octanol–water partition coefficient (Wildman–Crippen LogP) is 4.26. The summed E-state index contributed by atoms with van der Waals surface area (Å²) < 4.78 is 14.8. The predicted molar refractivity (Wildman–Crippen MR) is 119 cm³/mol. The number of nitrogens with zero attached hydrogens (tertiary/aromatic N) is 4. The number of halogens is 1. The van der Waals surface area contributed by atoms with Crippen LogP contribution in [0.4, 0.5) is 21.7 Å². The number of rotatable bonds is 4. The highest BCUT2D eigenvalue weighted by Gasteiger charge is 2.17. The number of fused-ring (bicyclic) bond motifs is 1. The average molecular weight is 402 g/mol. The Labute approximate surface area is 174 Å². The minimum absolute atomic E-state index is 0.239. The van der Waals surface area contributed by atoms with Gasteiger partial charge in [-0.3, -0.25) is 0 Å². The molecule has 6 nitrogen and oxygen atoms in total. The van der Waals surface area contributed by atoms with Gasteiger partial charge in [-0.2, -0.15) is 0 Å². The van der Waals surface area contributed by atoms with Gasteiger partial charge in [0.05, 0.1) is 11.4 Å². The number of para-hydroxylation sites is 1. The van der Waals surface area contributed by atoms with Crippen LogP contribution in [0.15, 0.2) is 60.9 Å². The van der Waals surface area contributed by atoms with E-state index in [4.69, 9.17) is 0 Å². The summed E-state index contributed by atoms with van der Waals surface area (Å²) in [4.78, 5) is 16.5. The number of benzene rings is 2. The molecule has 5 rings (SSSR count). The van der Waals surface area contributed by atoms with Gasteiger partial charge in [0, 0.05) is 60.7 Å². The number of hydrogen-bond donors (Lipinski definition) is 2. The zero-order valence-corrected chi connectivity index (χ0v) is 16.8. The molecule has 7 heteroatoms. The van der Waals surface area contributed by atoms with Gasteiger partial charge in [0.25, 0.3) is 0 Å². The van der Waals surface area contributed by atoms with Crippen LogP contribution in [-0.2, 0) is 0 Å². The van der Waals surface area contributed by atoms with Crippen molar-refractivity contribution in [2.45, 2.75) is 0 Å². The fourth-order valence-electron chi connectivity index (χ4n) is 3.87. The summed E-state index contributed by atoms with van der Waals surface area (Å²) in [5.41, 5.74) is 4.14. The first-order chi connectivity index (χ1) is 14.7.